The van der Waals surface area contributed by atoms with E-state index in [-0.39, 0.29) is 29.8 Å². The molecule has 1 N–H and O–H groups in total. The minimum absolute atomic E-state index is 0.00678. The maximum Gasteiger partial charge on any atom is 0.269 e. The zero-order valence-electron chi connectivity index (χ0n) is 17.9. The van der Waals surface area contributed by atoms with Crippen LogP contribution in [0.3, 0.4) is 0 Å². The van der Waals surface area contributed by atoms with Gasteiger partial charge in [-0.25, -0.2) is 0 Å². The largest absolute Gasteiger partial charge is 0.493 e. The van der Waals surface area contributed by atoms with Crippen molar-refractivity contribution < 1.29 is 24.0 Å². The second-order valence-corrected chi connectivity index (χ2v) is 7.65. The Morgan fingerprint density at radius 1 is 1.12 bits per heavy atom. The van der Waals surface area contributed by atoms with Gasteiger partial charge in [0.1, 0.15) is 6.61 Å². The molecule has 0 unspecified atom stereocenters. The summed E-state index contributed by atoms with van der Waals surface area (Å²) in [5.74, 6) is 0.282. The van der Waals surface area contributed by atoms with Gasteiger partial charge in [-0.1, -0.05) is 28.4 Å². The van der Waals surface area contributed by atoms with Crippen molar-refractivity contribution in [2.75, 3.05) is 19.0 Å². The maximum atomic E-state index is 11.9. The molecular formula is C23H19Cl2N3O6. The van der Waals surface area contributed by atoms with Gasteiger partial charge in [0.15, 0.2) is 18.1 Å². The van der Waals surface area contributed by atoms with E-state index in [2.05, 4.69) is 10.5 Å². The molecule has 0 saturated carbocycles. The van der Waals surface area contributed by atoms with Gasteiger partial charge in [0.25, 0.3) is 11.6 Å². The minimum atomic E-state index is -0.472. The fourth-order valence-electron chi connectivity index (χ4n) is 2.75. The number of nitro groups is 1. The first kappa shape index (κ1) is 24.8. The van der Waals surface area contributed by atoms with E-state index in [1.807, 2.05) is 0 Å². The average molecular weight is 504 g/mol. The highest BCUT2D eigenvalue weighted by molar-refractivity contribution is 6.32. The van der Waals surface area contributed by atoms with E-state index in [0.717, 1.165) is 5.56 Å². The zero-order chi connectivity index (χ0) is 24.5. The molecule has 0 heterocycles. The van der Waals surface area contributed by atoms with Crippen LogP contribution in [0.15, 0.2) is 65.8 Å². The van der Waals surface area contributed by atoms with Crippen molar-refractivity contribution in [3.63, 3.8) is 0 Å². The molecule has 0 aromatic heterocycles. The third-order valence-electron chi connectivity index (χ3n) is 4.38. The van der Waals surface area contributed by atoms with Crippen LogP contribution >= 0.6 is 23.2 Å². The average Bonchev–Trinajstić information content (AvgIpc) is 2.82. The van der Waals surface area contributed by atoms with Gasteiger partial charge in [-0.2, -0.15) is 0 Å². The maximum absolute atomic E-state index is 11.9. The number of ether oxygens (including phenoxy) is 2. The standard InChI is InChI=1S/C23H19Cl2N3O6/c1-32-21-11-16(12-26-34-14-22(29)27-18-6-4-17(24)5-7-18)10-20(25)23(21)33-13-15-2-8-19(9-3-15)28(30)31/h2-12H,13-14H2,1H3,(H,27,29)/b26-12+. The van der Waals surface area contributed by atoms with Crippen LogP contribution in [0.1, 0.15) is 11.1 Å². The number of nitrogens with zero attached hydrogens (tertiary/aromatic N) is 2. The predicted molar refractivity (Wildman–Crippen MR) is 129 cm³/mol. The summed E-state index contributed by atoms with van der Waals surface area (Å²) in [6.45, 7) is -0.159. The third-order valence-corrected chi connectivity index (χ3v) is 4.91. The van der Waals surface area contributed by atoms with Crippen molar-refractivity contribution in [3.8, 4) is 11.5 Å². The smallest absolute Gasteiger partial charge is 0.269 e. The van der Waals surface area contributed by atoms with E-state index in [1.165, 1.54) is 25.5 Å². The minimum Gasteiger partial charge on any atom is -0.493 e. The number of anilines is 1. The summed E-state index contributed by atoms with van der Waals surface area (Å²) in [5, 5.41) is 18.0. The number of hydrogen-bond acceptors (Lipinski definition) is 7. The molecule has 0 aliphatic heterocycles. The summed E-state index contributed by atoms with van der Waals surface area (Å²) in [4.78, 5) is 27.2. The van der Waals surface area contributed by atoms with Gasteiger partial charge in [-0.15, -0.1) is 0 Å². The predicted octanol–water partition coefficient (Wildman–Crippen LogP) is 5.48. The van der Waals surface area contributed by atoms with Gasteiger partial charge in [0.2, 0.25) is 0 Å². The van der Waals surface area contributed by atoms with E-state index >= 15 is 0 Å². The summed E-state index contributed by atoms with van der Waals surface area (Å²) >= 11 is 12.1. The van der Waals surface area contributed by atoms with Gasteiger partial charge in [0.05, 0.1) is 23.3 Å². The molecule has 3 aromatic rings. The number of nitrogens with one attached hydrogen (secondary N) is 1. The molecule has 9 nitrogen and oxygen atoms in total. The molecule has 0 radical (unpaired) electrons. The number of carbonyl (C=O) groups excluding carboxylic acids is 1. The van der Waals surface area contributed by atoms with E-state index in [0.29, 0.717) is 27.8 Å². The second-order valence-electron chi connectivity index (χ2n) is 6.81. The molecule has 0 saturated heterocycles. The lowest BCUT2D eigenvalue weighted by atomic mass is 10.2. The lowest BCUT2D eigenvalue weighted by Gasteiger charge is -2.13. The molecule has 3 aromatic carbocycles. The normalized spacial score (nSPS) is 10.7. The molecule has 0 fully saturated rings. The summed E-state index contributed by atoms with van der Waals surface area (Å²) < 4.78 is 11.1. The molecule has 1 amide bonds. The second kappa shape index (κ2) is 11.9. The first-order valence-corrected chi connectivity index (χ1v) is 10.6. The molecule has 3 rings (SSSR count). The summed E-state index contributed by atoms with van der Waals surface area (Å²) in [7, 11) is 1.46. The number of carbonyl (C=O) groups is 1. The number of oxime groups is 1. The molecular weight excluding hydrogens is 485 g/mol. The van der Waals surface area contributed by atoms with E-state index < -0.39 is 4.92 Å². The van der Waals surface area contributed by atoms with Crippen molar-refractivity contribution in [2.24, 2.45) is 5.16 Å². The lowest BCUT2D eigenvalue weighted by Crippen LogP contribution is -2.16. The van der Waals surface area contributed by atoms with Crippen molar-refractivity contribution >= 4 is 46.7 Å². The summed E-state index contributed by atoms with van der Waals surface area (Å²) in [6.07, 6.45) is 1.38. The third kappa shape index (κ3) is 7.09. The molecule has 0 spiro atoms. The van der Waals surface area contributed by atoms with Gasteiger partial charge < -0.3 is 19.6 Å². The number of rotatable bonds is 10. The number of nitro benzene ring substituents is 1. The van der Waals surface area contributed by atoms with Crippen molar-refractivity contribution in [3.05, 3.63) is 92.0 Å². The Bertz CT molecular complexity index is 1180. The Balaban J connectivity index is 1.56. The quantitative estimate of drug-likeness (QED) is 0.222. The van der Waals surface area contributed by atoms with Crippen LogP contribution in [-0.4, -0.2) is 30.8 Å². The van der Waals surface area contributed by atoms with Crippen LogP contribution in [0.2, 0.25) is 10.0 Å². The van der Waals surface area contributed by atoms with Crippen LogP contribution < -0.4 is 14.8 Å². The Labute approximate surface area is 205 Å². The van der Waals surface area contributed by atoms with Crippen LogP contribution in [-0.2, 0) is 16.2 Å². The molecule has 34 heavy (non-hydrogen) atoms. The molecule has 0 aliphatic rings. The first-order valence-electron chi connectivity index (χ1n) is 9.80. The topological polar surface area (TPSA) is 112 Å². The summed E-state index contributed by atoms with van der Waals surface area (Å²) in [6, 6.07) is 15.9. The van der Waals surface area contributed by atoms with Crippen LogP contribution in [0.25, 0.3) is 0 Å². The molecule has 0 bridgehead atoms. The van der Waals surface area contributed by atoms with Crippen molar-refractivity contribution in [2.45, 2.75) is 6.61 Å². The van der Waals surface area contributed by atoms with Crippen LogP contribution in [0, 0.1) is 10.1 Å². The van der Waals surface area contributed by atoms with Gasteiger partial charge >= 0.3 is 0 Å². The number of non-ortho nitro benzene ring substituents is 1. The van der Waals surface area contributed by atoms with Gasteiger partial charge in [0, 0.05) is 28.4 Å². The SMILES string of the molecule is COc1cc(/C=N/OCC(=O)Nc2ccc(Cl)cc2)cc(Cl)c1OCc1ccc([N+](=O)[O-])cc1. The number of benzene rings is 3. The highest BCUT2D eigenvalue weighted by Gasteiger charge is 2.13. The van der Waals surface area contributed by atoms with Crippen LogP contribution in [0.5, 0.6) is 11.5 Å². The van der Waals surface area contributed by atoms with Crippen molar-refractivity contribution in [1.29, 1.82) is 0 Å². The Hall–Kier alpha value is -3.82. The van der Waals surface area contributed by atoms with Gasteiger partial charge in [-0.3, -0.25) is 14.9 Å². The van der Waals surface area contributed by atoms with Gasteiger partial charge in [-0.05, 0) is 54.1 Å². The molecule has 11 heteroatoms. The Morgan fingerprint density at radius 3 is 2.47 bits per heavy atom. The fourth-order valence-corrected chi connectivity index (χ4v) is 3.15. The number of halogens is 2. The summed E-state index contributed by atoms with van der Waals surface area (Å²) in [5.41, 5.74) is 1.86. The first-order chi connectivity index (χ1) is 16.4. The monoisotopic (exact) mass is 503 g/mol. The van der Waals surface area contributed by atoms with E-state index in [9.17, 15) is 14.9 Å². The Morgan fingerprint density at radius 2 is 1.82 bits per heavy atom. The lowest BCUT2D eigenvalue weighted by molar-refractivity contribution is -0.384. The highest BCUT2D eigenvalue weighted by atomic mass is 35.5. The van der Waals surface area contributed by atoms with Crippen LogP contribution in [0.4, 0.5) is 11.4 Å². The van der Waals surface area contributed by atoms with Crippen molar-refractivity contribution in [1.82, 2.24) is 0 Å². The number of hydrogen-bond donors (Lipinski definition) is 1. The van der Waals surface area contributed by atoms with E-state index in [4.69, 9.17) is 37.5 Å². The molecule has 0 atom stereocenters. The van der Waals surface area contributed by atoms with E-state index in [1.54, 1.807) is 48.5 Å². The molecule has 0 aliphatic carbocycles. The Kier molecular flexibility index (Phi) is 8.66. The zero-order valence-corrected chi connectivity index (χ0v) is 19.4. The fraction of sp³-hybridized carbons (Fsp3) is 0.130. The molecule has 176 valence electrons. The highest BCUT2D eigenvalue weighted by Crippen LogP contribution is 2.36. The number of amides is 1. The number of methoxy groups -OCH3 is 1.